The number of hydrogen-bond acceptors (Lipinski definition) is 7. The summed E-state index contributed by atoms with van der Waals surface area (Å²) >= 11 is 0. The van der Waals surface area contributed by atoms with Crippen molar-refractivity contribution >= 4 is 22.8 Å². The number of nitrogens with zero attached hydrogens (tertiary/aromatic N) is 5. The molecule has 0 fully saturated rings. The van der Waals surface area contributed by atoms with Crippen LogP contribution in [0.3, 0.4) is 0 Å². The van der Waals surface area contributed by atoms with Gasteiger partial charge in [-0.15, -0.1) is 0 Å². The van der Waals surface area contributed by atoms with Crippen LogP contribution >= 0.6 is 0 Å². The molecule has 0 saturated carbocycles. The van der Waals surface area contributed by atoms with Crippen molar-refractivity contribution in [1.29, 1.82) is 0 Å². The van der Waals surface area contributed by atoms with Gasteiger partial charge < -0.3 is 14.4 Å². The molecule has 2 aromatic heterocycles. The highest BCUT2D eigenvalue weighted by molar-refractivity contribution is 5.97. The monoisotopic (exact) mass is 369 g/mol. The summed E-state index contributed by atoms with van der Waals surface area (Å²) in [5, 5.41) is 5.13. The number of aromatic nitrogens is 4. The number of amides is 1. The van der Waals surface area contributed by atoms with Gasteiger partial charge in [-0.2, -0.15) is 5.10 Å². The van der Waals surface area contributed by atoms with Gasteiger partial charge in [-0.05, 0) is 19.1 Å². The van der Waals surface area contributed by atoms with Crippen LogP contribution in [-0.2, 0) is 11.3 Å². The first-order chi connectivity index (χ1) is 12.9. The van der Waals surface area contributed by atoms with Gasteiger partial charge in [0.1, 0.15) is 11.4 Å². The lowest BCUT2D eigenvalue weighted by Crippen LogP contribution is -2.22. The Bertz CT molecular complexity index is 995. The molecule has 140 valence electrons. The van der Waals surface area contributed by atoms with E-state index in [4.69, 9.17) is 9.47 Å². The normalized spacial score (nSPS) is 10.7. The predicted octanol–water partition coefficient (Wildman–Crippen LogP) is 2.13. The van der Waals surface area contributed by atoms with Crippen molar-refractivity contribution in [3.05, 3.63) is 42.0 Å². The summed E-state index contributed by atoms with van der Waals surface area (Å²) in [5.41, 5.74) is 1.12. The third-order valence-corrected chi connectivity index (χ3v) is 3.85. The lowest BCUT2D eigenvalue weighted by Gasteiger charge is -2.10. The molecule has 0 spiro atoms. The fourth-order valence-corrected chi connectivity index (χ4v) is 2.44. The van der Waals surface area contributed by atoms with Crippen molar-refractivity contribution < 1.29 is 19.1 Å². The van der Waals surface area contributed by atoms with Gasteiger partial charge in [0.25, 0.3) is 5.91 Å². The number of ether oxygens (including phenoxy) is 2. The molecule has 0 aliphatic carbocycles. The molecule has 0 saturated heterocycles. The van der Waals surface area contributed by atoms with Gasteiger partial charge in [-0.3, -0.25) is 9.48 Å². The van der Waals surface area contributed by atoms with Crippen molar-refractivity contribution in [3.8, 4) is 11.6 Å². The number of aryl methyl sites for hydroxylation is 1. The van der Waals surface area contributed by atoms with Crippen LogP contribution in [0.5, 0.6) is 11.6 Å². The molecule has 0 bridgehead atoms. The van der Waals surface area contributed by atoms with Gasteiger partial charge in [0.05, 0.1) is 36.0 Å². The van der Waals surface area contributed by atoms with Crippen LogP contribution in [0.2, 0.25) is 0 Å². The molecule has 3 aromatic rings. The van der Waals surface area contributed by atoms with Gasteiger partial charge in [-0.25, -0.2) is 14.8 Å². The summed E-state index contributed by atoms with van der Waals surface area (Å²) in [4.78, 5) is 33.5. The standard InChI is InChI=1S/C18H19N5O4/c1-5-23-10-12-13(21-23)6-11(18(25)26-4)7-15(12)27-16-9-19-14(8-20-16)17(24)22(2)3/h6-10H,5H2,1-4H3. The van der Waals surface area contributed by atoms with E-state index in [2.05, 4.69) is 15.1 Å². The first kappa shape index (κ1) is 18.3. The Hall–Kier alpha value is -3.49. The van der Waals surface area contributed by atoms with Gasteiger partial charge in [0, 0.05) is 26.8 Å². The molecular formula is C18H19N5O4. The molecule has 0 aliphatic heterocycles. The van der Waals surface area contributed by atoms with Gasteiger partial charge in [0.15, 0.2) is 0 Å². The quantitative estimate of drug-likeness (QED) is 0.635. The molecule has 0 aliphatic rings. The van der Waals surface area contributed by atoms with Crippen LogP contribution in [0.4, 0.5) is 0 Å². The summed E-state index contributed by atoms with van der Waals surface area (Å²) in [6.45, 7) is 2.63. The zero-order chi connectivity index (χ0) is 19.6. The lowest BCUT2D eigenvalue weighted by atomic mass is 10.1. The Balaban J connectivity index is 1.98. The molecule has 0 atom stereocenters. The number of carbonyl (C=O) groups excluding carboxylic acids is 2. The minimum atomic E-state index is -0.495. The zero-order valence-electron chi connectivity index (χ0n) is 15.5. The number of fused-ring (bicyclic) bond motifs is 1. The molecule has 9 heteroatoms. The van der Waals surface area contributed by atoms with Crippen molar-refractivity contribution in [2.24, 2.45) is 0 Å². The molecule has 1 amide bonds. The van der Waals surface area contributed by atoms with Crippen molar-refractivity contribution in [2.75, 3.05) is 21.2 Å². The van der Waals surface area contributed by atoms with E-state index in [1.807, 2.05) is 13.1 Å². The Kier molecular flexibility index (Phi) is 5.02. The summed E-state index contributed by atoms with van der Waals surface area (Å²) in [6.07, 6.45) is 4.52. The van der Waals surface area contributed by atoms with Crippen LogP contribution in [-0.4, -0.2) is 57.7 Å². The second kappa shape index (κ2) is 7.40. The maximum atomic E-state index is 11.9. The first-order valence-electron chi connectivity index (χ1n) is 8.24. The highest BCUT2D eigenvalue weighted by atomic mass is 16.5. The fraction of sp³-hybridized carbons (Fsp3) is 0.278. The number of carbonyl (C=O) groups is 2. The van der Waals surface area contributed by atoms with E-state index in [-0.39, 0.29) is 17.5 Å². The number of methoxy groups -OCH3 is 1. The van der Waals surface area contributed by atoms with Gasteiger partial charge in [0.2, 0.25) is 5.88 Å². The second-order valence-electron chi connectivity index (χ2n) is 5.93. The van der Waals surface area contributed by atoms with Crippen LogP contribution in [0, 0.1) is 0 Å². The largest absolute Gasteiger partial charge is 0.465 e. The molecule has 0 unspecified atom stereocenters. The van der Waals surface area contributed by atoms with E-state index in [0.29, 0.717) is 23.4 Å². The van der Waals surface area contributed by atoms with Crippen molar-refractivity contribution in [2.45, 2.75) is 13.5 Å². The van der Waals surface area contributed by atoms with Crippen LogP contribution < -0.4 is 4.74 Å². The Labute approximate surface area is 155 Å². The molecule has 27 heavy (non-hydrogen) atoms. The highest BCUT2D eigenvalue weighted by Crippen LogP contribution is 2.30. The van der Waals surface area contributed by atoms with E-state index >= 15 is 0 Å². The maximum absolute atomic E-state index is 11.9. The molecule has 2 heterocycles. The van der Waals surface area contributed by atoms with Gasteiger partial charge in [-0.1, -0.05) is 0 Å². The fourth-order valence-electron chi connectivity index (χ4n) is 2.44. The summed E-state index contributed by atoms with van der Waals surface area (Å²) in [7, 11) is 4.58. The van der Waals surface area contributed by atoms with Crippen LogP contribution in [0.15, 0.2) is 30.7 Å². The van der Waals surface area contributed by atoms with E-state index in [1.54, 1.807) is 30.9 Å². The van der Waals surface area contributed by atoms with E-state index in [1.165, 1.54) is 24.4 Å². The summed E-state index contributed by atoms with van der Waals surface area (Å²) in [6, 6.07) is 3.21. The van der Waals surface area contributed by atoms with Crippen molar-refractivity contribution in [3.63, 3.8) is 0 Å². The number of rotatable bonds is 5. The van der Waals surface area contributed by atoms with E-state index in [9.17, 15) is 9.59 Å². The molecule has 3 rings (SSSR count). The Morgan fingerprint density at radius 1 is 1.19 bits per heavy atom. The maximum Gasteiger partial charge on any atom is 0.338 e. The Morgan fingerprint density at radius 3 is 2.56 bits per heavy atom. The summed E-state index contributed by atoms with van der Waals surface area (Å²) in [5.74, 6) is -0.161. The van der Waals surface area contributed by atoms with Gasteiger partial charge >= 0.3 is 5.97 Å². The second-order valence-corrected chi connectivity index (χ2v) is 5.93. The van der Waals surface area contributed by atoms with Crippen LogP contribution in [0.25, 0.3) is 10.9 Å². The number of hydrogen-bond donors (Lipinski definition) is 0. The molecule has 9 nitrogen and oxygen atoms in total. The summed E-state index contributed by atoms with van der Waals surface area (Å²) < 4.78 is 12.3. The lowest BCUT2D eigenvalue weighted by molar-refractivity contribution is 0.0600. The molecule has 1 aromatic carbocycles. The van der Waals surface area contributed by atoms with Crippen molar-refractivity contribution in [1.82, 2.24) is 24.6 Å². The first-order valence-corrected chi connectivity index (χ1v) is 8.24. The highest BCUT2D eigenvalue weighted by Gasteiger charge is 2.16. The van der Waals surface area contributed by atoms with E-state index < -0.39 is 5.97 Å². The molecule has 0 N–H and O–H groups in total. The minimum Gasteiger partial charge on any atom is -0.465 e. The number of benzene rings is 1. The smallest absolute Gasteiger partial charge is 0.338 e. The minimum absolute atomic E-state index is 0.192. The third kappa shape index (κ3) is 3.71. The molecular weight excluding hydrogens is 350 g/mol. The average molecular weight is 369 g/mol. The SMILES string of the molecule is CCn1cc2c(Oc3cnc(C(=O)N(C)C)cn3)cc(C(=O)OC)cc2n1. The average Bonchev–Trinajstić information content (AvgIpc) is 3.11. The van der Waals surface area contributed by atoms with Crippen LogP contribution in [0.1, 0.15) is 27.8 Å². The molecule has 0 radical (unpaired) electrons. The number of esters is 1. The predicted molar refractivity (Wildman–Crippen MR) is 96.9 cm³/mol. The third-order valence-electron chi connectivity index (χ3n) is 3.85. The topological polar surface area (TPSA) is 99.4 Å². The Morgan fingerprint density at radius 2 is 1.96 bits per heavy atom. The van der Waals surface area contributed by atoms with E-state index in [0.717, 1.165) is 5.39 Å². The zero-order valence-corrected chi connectivity index (χ0v) is 15.5.